The van der Waals surface area contributed by atoms with Crippen molar-refractivity contribution < 1.29 is 19.4 Å². The number of aliphatic hydroxyl groups is 1. The summed E-state index contributed by atoms with van der Waals surface area (Å²) in [5.41, 5.74) is 0.385. The van der Waals surface area contributed by atoms with Gasteiger partial charge in [0, 0.05) is 6.92 Å². The van der Waals surface area contributed by atoms with Gasteiger partial charge in [0.1, 0.15) is 11.9 Å². The molecule has 0 fully saturated rings. The quantitative estimate of drug-likeness (QED) is 0.746. The van der Waals surface area contributed by atoms with Gasteiger partial charge in [-0.25, -0.2) is 0 Å². The van der Waals surface area contributed by atoms with Gasteiger partial charge in [0.25, 0.3) is 0 Å². The number of carbonyl (C=O) groups excluding carboxylic acids is 2. The Morgan fingerprint density at radius 3 is 2.20 bits per heavy atom. The van der Waals surface area contributed by atoms with Crippen LogP contribution in [0.2, 0.25) is 0 Å². The van der Waals surface area contributed by atoms with Crippen molar-refractivity contribution in [1.82, 2.24) is 0 Å². The molecule has 4 heteroatoms. The highest BCUT2D eigenvalue weighted by Gasteiger charge is 2.20. The lowest BCUT2D eigenvalue weighted by molar-refractivity contribution is -0.140. The van der Waals surface area contributed by atoms with Crippen LogP contribution >= 0.6 is 0 Å². The largest absolute Gasteiger partial charge is 0.497 e. The molecule has 0 aliphatic heterocycles. The Kier molecular flexibility index (Phi) is 3.57. The van der Waals surface area contributed by atoms with Crippen LogP contribution in [0.5, 0.6) is 5.75 Å². The minimum absolute atomic E-state index is 0.385. The summed E-state index contributed by atoms with van der Waals surface area (Å²) in [5, 5.41) is 9.51. The molecule has 1 atom stereocenters. The van der Waals surface area contributed by atoms with Crippen LogP contribution in [0.3, 0.4) is 0 Å². The molecule has 1 aromatic carbocycles. The summed E-state index contributed by atoms with van der Waals surface area (Å²) in [5.74, 6) is -0.834. The maximum Gasteiger partial charge on any atom is 0.230 e. The number of rotatable bonds is 4. The first-order chi connectivity index (χ1) is 7.06. The minimum atomic E-state index is -1.38. The molecule has 1 rings (SSSR count). The van der Waals surface area contributed by atoms with E-state index in [-0.39, 0.29) is 0 Å². The molecule has 0 aromatic heterocycles. The highest BCUT2D eigenvalue weighted by atomic mass is 16.5. The molecule has 0 aliphatic carbocycles. The van der Waals surface area contributed by atoms with Gasteiger partial charge in [0.2, 0.25) is 5.78 Å². The van der Waals surface area contributed by atoms with E-state index in [1.807, 2.05) is 0 Å². The first-order valence-corrected chi connectivity index (χ1v) is 4.43. The van der Waals surface area contributed by atoms with E-state index >= 15 is 0 Å². The predicted octanol–water partition coefficient (Wildman–Crippen LogP) is 0.887. The number of ketones is 2. The summed E-state index contributed by atoms with van der Waals surface area (Å²) in [6, 6.07) is 6.33. The molecule has 0 amide bonds. The Hall–Kier alpha value is -1.68. The molecule has 4 nitrogen and oxygen atoms in total. The SMILES string of the molecule is COc1ccc(C(O)C(=O)C(C)=O)cc1. The van der Waals surface area contributed by atoms with Gasteiger partial charge < -0.3 is 9.84 Å². The molecular formula is C11H12O4. The molecule has 0 saturated heterocycles. The van der Waals surface area contributed by atoms with Gasteiger partial charge in [-0.15, -0.1) is 0 Å². The number of Topliss-reactive ketones (excluding diaryl/α,β-unsaturated/α-hetero) is 2. The summed E-state index contributed by atoms with van der Waals surface area (Å²) in [6.07, 6.45) is -1.38. The summed E-state index contributed by atoms with van der Waals surface area (Å²) in [6.45, 7) is 1.13. The first kappa shape index (κ1) is 11.4. The van der Waals surface area contributed by atoms with Crippen molar-refractivity contribution in [3.05, 3.63) is 29.8 Å². The molecule has 0 bridgehead atoms. The zero-order valence-electron chi connectivity index (χ0n) is 8.56. The molecule has 0 saturated carbocycles. The average Bonchev–Trinajstić information content (AvgIpc) is 2.27. The third kappa shape index (κ3) is 2.63. The Bertz CT molecular complexity index is 367. The maximum atomic E-state index is 11.2. The molecule has 80 valence electrons. The van der Waals surface area contributed by atoms with E-state index in [1.165, 1.54) is 7.11 Å². The van der Waals surface area contributed by atoms with Crippen LogP contribution < -0.4 is 4.74 Å². The highest BCUT2D eigenvalue weighted by molar-refractivity contribution is 6.37. The van der Waals surface area contributed by atoms with Gasteiger partial charge in [-0.3, -0.25) is 9.59 Å². The molecule has 0 radical (unpaired) electrons. The molecule has 0 aliphatic rings. The number of hydrogen-bond acceptors (Lipinski definition) is 4. The van der Waals surface area contributed by atoms with Gasteiger partial charge >= 0.3 is 0 Å². The molecule has 0 spiro atoms. The van der Waals surface area contributed by atoms with Crippen LogP contribution in [-0.4, -0.2) is 23.8 Å². The summed E-state index contributed by atoms with van der Waals surface area (Å²) in [7, 11) is 1.52. The van der Waals surface area contributed by atoms with Crippen LogP contribution in [0.25, 0.3) is 0 Å². The number of ether oxygens (including phenoxy) is 1. The second kappa shape index (κ2) is 4.70. The van der Waals surface area contributed by atoms with Crippen LogP contribution in [0.15, 0.2) is 24.3 Å². The van der Waals surface area contributed by atoms with Crippen LogP contribution in [-0.2, 0) is 9.59 Å². The molecule has 1 aromatic rings. The molecule has 0 heterocycles. The second-order valence-electron chi connectivity index (χ2n) is 3.10. The minimum Gasteiger partial charge on any atom is -0.497 e. The van der Waals surface area contributed by atoms with Crippen molar-refractivity contribution in [1.29, 1.82) is 0 Å². The third-order valence-electron chi connectivity index (χ3n) is 2.03. The van der Waals surface area contributed by atoms with Gasteiger partial charge in [0.05, 0.1) is 7.11 Å². The number of methoxy groups -OCH3 is 1. The van der Waals surface area contributed by atoms with E-state index in [9.17, 15) is 14.7 Å². The van der Waals surface area contributed by atoms with E-state index in [1.54, 1.807) is 24.3 Å². The van der Waals surface area contributed by atoms with Crippen LogP contribution in [0.4, 0.5) is 0 Å². The van der Waals surface area contributed by atoms with Crippen molar-refractivity contribution >= 4 is 11.6 Å². The van der Waals surface area contributed by atoms with Crippen molar-refractivity contribution in [2.24, 2.45) is 0 Å². The van der Waals surface area contributed by atoms with Crippen LogP contribution in [0, 0.1) is 0 Å². The lowest BCUT2D eigenvalue weighted by Crippen LogP contribution is -2.19. The molecular weight excluding hydrogens is 196 g/mol. The lowest BCUT2D eigenvalue weighted by Gasteiger charge is -2.08. The Morgan fingerprint density at radius 2 is 1.80 bits per heavy atom. The van der Waals surface area contributed by atoms with Gasteiger partial charge in [-0.2, -0.15) is 0 Å². The van der Waals surface area contributed by atoms with Gasteiger partial charge in [0.15, 0.2) is 5.78 Å². The van der Waals surface area contributed by atoms with E-state index in [0.29, 0.717) is 11.3 Å². The number of benzene rings is 1. The van der Waals surface area contributed by atoms with Crippen molar-refractivity contribution in [3.8, 4) is 5.75 Å². The van der Waals surface area contributed by atoms with Crippen molar-refractivity contribution in [2.45, 2.75) is 13.0 Å². The highest BCUT2D eigenvalue weighted by Crippen LogP contribution is 2.18. The van der Waals surface area contributed by atoms with E-state index < -0.39 is 17.7 Å². The number of aliphatic hydroxyl groups excluding tert-OH is 1. The van der Waals surface area contributed by atoms with Crippen molar-refractivity contribution in [2.75, 3.05) is 7.11 Å². The van der Waals surface area contributed by atoms with E-state index in [0.717, 1.165) is 6.92 Å². The molecule has 15 heavy (non-hydrogen) atoms. The zero-order chi connectivity index (χ0) is 11.4. The third-order valence-corrected chi connectivity index (χ3v) is 2.03. The standard InChI is InChI=1S/C11H12O4/c1-7(12)10(13)11(14)8-3-5-9(15-2)6-4-8/h3-6,11,14H,1-2H3. The molecule has 1 unspecified atom stereocenters. The van der Waals surface area contributed by atoms with Gasteiger partial charge in [-0.1, -0.05) is 12.1 Å². The summed E-state index contributed by atoms with van der Waals surface area (Å²) in [4.78, 5) is 21.9. The zero-order valence-corrected chi connectivity index (χ0v) is 8.56. The van der Waals surface area contributed by atoms with E-state index in [2.05, 4.69) is 0 Å². The second-order valence-corrected chi connectivity index (χ2v) is 3.10. The van der Waals surface area contributed by atoms with Crippen LogP contribution in [0.1, 0.15) is 18.6 Å². The number of carbonyl (C=O) groups is 2. The summed E-state index contributed by atoms with van der Waals surface area (Å²) >= 11 is 0. The maximum absolute atomic E-state index is 11.2. The number of hydrogen-bond donors (Lipinski definition) is 1. The Balaban J connectivity index is 2.87. The summed E-state index contributed by atoms with van der Waals surface area (Å²) < 4.78 is 4.92. The molecule has 1 N–H and O–H groups in total. The van der Waals surface area contributed by atoms with Crippen molar-refractivity contribution in [3.63, 3.8) is 0 Å². The van der Waals surface area contributed by atoms with Gasteiger partial charge in [-0.05, 0) is 17.7 Å². The topological polar surface area (TPSA) is 63.6 Å². The fourth-order valence-electron chi connectivity index (χ4n) is 1.13. The fraction of sp³-hybridized carbons (Fsp3) is 0.273. The smallest absolute Gasteiger partial charge is 0.230 e. The lowest BCUT2D eigenvalue weighted by atomic mass is 10.0. The fourth-order valence-corrected chi connectivity index (χ4v) is 1.13. The van der Waals surface area contributed by atoms with E-state index in [4.69, 9.17) is 4.74 Å². The first-order valence-electron chi connectivity index (χ1n) is 4.43. The average molecular weight is 208 g/mol. The Labute approximate surface area is 87.5 Å². The normalized spacial score (nSPS) is 11.9. The predicted molar refractivity (Wildman–Crippen MR) is 53.6 cm³/mol. The Morgan fingerprint density at radius 1 is 1.27 bits per heavy atom. The monoisotopic (exact) mass is 208 g/mol.